The van der Waals surface area contributed by atoms with Crippen LogP contribution in [0.25, 0.3) is 0 Å². The zero-order chi connectivity index (χ0) is 20.3. The lowest BCUT2D eigenvalue weighted by Gasteiger charge is -2.34. The van der Waals surface area contributed by atoms with Gasteiger partial charge in [0.1, 0.15) is 10.8 Å². The van der Waals surface area contributed by atoms with Crippen molar-refractivity contribution in [3.8, 4) is 0 Å². The van der Waals surface area contributed by atoms with Gasteiger partial charge < -0.3 is 14.8 Å². The van der Waals surface area contributed by atoms with Crippen LogP contribution < -0.4 is 5.32 Å². The highest BCUT2D eigenvalue weighted by atomic mass is 35.5. The minimum absolute atomic E-state index is 0.0285. The van der Waals surface area contributed by atoms with Gasteiger partial charge in [0.15, 0.2) is 0 Å². The van der Waals surface area contributed by atoms with E-state index in [-0.39, 0.29) is 23.8 Å². The van der Waals surface area contributed by atoms with Gasteiger partial charge in [0.2, 0.25) is 5.91 Å². The number of rotatable bonds is 5. The maximum absolute atomic E-state index is 13.0. The molecular formula is C21H25Cl2N3O2. The summed E-state index contributed by atoms with van der Waals surface area (Å²) in [6.45, 7) is 3.32. The van der Waals surface area contributed by atoms with Gasteiger partial charge in [-0.3, -0.25) is 9.59 Å². The lowest BCUT2D eigenvalue weighted by atomic mass is 9.93. The number of carbonyl (C=O) groups excluding carboxylic acids is 2. The topological polar surface area (TPSA) is 54.3 Å². The monoisotopic (exact) mass is 421 g/mol. The summed E-state index contributed by atoms with van der Waals surface area (Å²) in [5.41, 5.74) is 1.49. The van der Waals surface area contributed by atoms with Crippen LogP contribution in [-0.4, -0.2) is 40.4 Å². The van der Waals surface area contributed by atoms with Crippen LogP contribution in [0.15, 0.2) is 36.4 Å². The summed E-state index contributed by atoms with van der Waals surface area (Å²) < 4.78 is 1.57. The molecule has 0 aliphatic carbocycles. The smallest absolute Gasteiger partial charge is 0.268 e. The zero-order valence-electron chi connectivity index (χ0n) is 16.1. The molecule has 1 aromatic carbocycles. The molecule has 1 fully saturated rings. The van der Waals surface area contributed by atoms with Crippen LogP contribution in [0, 0.1) is 0 Å². The molecule has 28 heavy (non-hydrogen) atoms. The molecule has 5 nitrogen and oxygen atoms in total. The molecule has 1 N–H and O–H groups in total. The summed E-state index contributed by atoms with van der Waals surface area (Å²) in [7, 11) is 1.71. The van der Waals surface area contributed by atoms with Gasteiger partial charge >= 0.3 is 0 Å². The first kappa shape index (κ1) is 20.7. The van der Waals surface area contributed by atoms with Crippen LogP contribution >= 0.6 is 23.2 Å². The Kier molecular flexibility index (Phi) is 6.68. The number of nitrogens with one attached hydrogen (secondary N) is 1. The molecular weight excluding hydrogens is 397 g/mol. The highest BCUT2D eigenvalue weighted by Gasteiger charge is 2.29. The Morgan fingerprint density at radius 1 is 1.18 bits per heavy atom. The molecule has 2 heterocycles. The van der Waals surface area contributed by atoms with E-state index in [2.05, 4.69) is 5.32 Å². The van der Waals surface area contributed by atoms with Crippen molar-refractivity contribution in [1.82, 2.24) is 14.8 Å². The maximum Gasteiger partial charge on any atom is 0.268 e. The minimum Gasteiger partial charge on any atom is -0.348 e. The Morgan fingerprint density at radius 3 is 2.36 bits per heavy atom. The number of amides is 2. The summed E-state index contributed by atoms with van der Waals surface area (Å²) in [5, 5.41) is 3.74. The molecule has 7 heteroatoms. The molecule has 2 aromatic rings. The lowest BCUT2D eigenvalue weighted by Crippen LogP contribution is -2.47. The number of aromatic nitrogens is 1. The Balaban J connectivity index is 1.57. The van der Waals surface area contributed by atoms with Crippen molar-refractivity contribution < 1.29 is 9.59 Å². The molecule has 1 aliphatic rings. The number of halogens is 2. The van der Waals surface area contributed by atoms with Crippen LogP contribution in [-0.2, 0) is 11.8 Å². The van der Waals surface area contributed by atoms with Gasteiger partial charge in [0.05, 0.1) is 10.9 Å². The second kappa shape index (κ2) is 9.01. The molecule has 1 atom stereocenters. The third kappa shape index (κ3) is 4.36. The summed E-state index contributed by atoms with van der Waals surface area (Å²) >= 11 is 12.0. The molecule has 0 saturated carbocycles. The van der Waals surface area contributed by atoms with Crippen LogP contribution in [0.2, 0.25) is 10.2 Å². The van der Waals surface area contributed by atoms with Gasteiger partial charge in [-0.05, 0) is 30.9 Å². The Hall–Kier alpha value is -1.98. The van der Waals surface area contributed by atoms with Crippen LogP contribution in [0.3, 0.4) is 0 Å². The number of nitrogens with zero attached hydrogens (tertiary/aromatic N) is 2. The largest absolute Gasteiger partial charge is 0.348 e. The van der Waals surface area contributed by atoms with E-state index in [1.807, 2.05) is 42.2 Å². The Morgan fingerprint density at radius 2 is 1.82 bits per heavy atom. The molecule has 1 aromatic heterocycles. The van der Waals surface area contributed by atoms with Gasteiger partial charge in [-0.25, -0.2) is 0 Å². The molecule has 1 unspecified atom stereocenters. The maximum atomic E-state index is 13.0. The first-order chi connectivity index (χ1) is 13.4. The highest BCUT2D eigenvalue weighted by Crippen LogP contribution is 2.26. The molecule has 1 aliphatic heterocycles. The van der Waals surface area contributed by atoms with E-state index >= 15 is 0 Å². The summed E-state index contributed by atoms with van der Waals surface area (Å²) in [6, 6.07) is 11.5. The molecule has 0 radical (unpaired) electrons. The number of likely N-dealkylation sites (tertiary alicyclic amines) is 1. The first-order valence-electron chi connectivity index (χ1n) is 9.57. The predicted octanol–water partition coefficient (Wildman–Crippen LogP) is 4.25. The number of hydrogen-bond donors (Lipinski definition) is 1. The van der Waals surface area contributed by atoms with Crippen molar-refractivity contribution in [3.63, 3.8) is 0 Å². The standard InChI is InChI=1S/C21H25Cl2N3O2/c1-3-16(14-7-5-4-6-8-14)21(28)26-11-9-15(10-12-26)24-20(27)18-13-17(22)19(23)25(18)2/h4-8,13,15-16H,3,9-12H2,1-2H3,(H,24,27). The summed E-state index contributed by atoms with van der Waals surface area (Å²) in [5.74, 6) is -0.142. The van der Waals surface area contributed by atoms with E-state index in [0.717, 1.165) is 24.8 Å². The predicted molar refractivity (Wildman–Crippen MR) is 112 cm³/mol. The first-order valence-corrected chi connectivity index (χ1v) is 10.3. The van der Waals surface area contributed by atoms with Crippen LogP contribution in [0.5, 0.6) is 0 Å². The van der Waals surface area contributed by atoms with Crippen molar-refractivity contribution in [3.05, 3.63) is 57.8 Å². The number of benzene rings is 1. The fourth-order valence-electron chi connectivity index (χ4n) is 3.72. The lowest BCUT2D eigenvalue weighted by molar-refractivity contribution is -0.134. The third-order valence-electron chi connectivity index (χ3n) is 5.40. The van der Waals surface area contributed by atoms with Crippen molar-refractivity contribution >= 4 is 35.0 Å². The fraction of sp³-hybridized carbons (Fsp3) is 0.429. The fourth-order valence-corrected chi connectivity index (χ4v) is 4.10. The zero-order valence-corrected chi connectivity index (χ0v) is 17.6. The number of piperidine rings is 1. The second-order valence-electron chi connectivity index (χ2n) is 7.17. The van der Waals surface area contributed by atoms with Gasteiger partial charge in [-0.1, -0.05) is 60.5 Å². The van der Waals surface area contributed by atoms with E-state index in [9.17, 15) is 9.59 Å². The van der Waals surface area contributed by atoms with Crippen molar-refractivity contribution in [1.29, 1.82) is 0 Å². The molecule has 3 rings (SSSR count). The average Bonchev–Trinajstić information content (AvgIpc) is 2.97. The Bertz CT molecular complexity index is 843. The van der Waals surface area contributed by atoms with Crippen molar-refractivity contribution in [2.24, 2.45) is 7.05 Å². The number of hydrogen-bond acceptors (Lipinski definition) is 2. The van der Waals surface area contributed by atoms with Crippen molar-refractivity contribution in [2.45, 2.75) is 38.1 Å². The van der Waals surface area contributed by atoms with Gasteiger partial charge in [-0.15, -0.1) is 0 Å². The SMILES string of the molecule is CCC(C(=O)N1CCC(NC(=O)c2cc(Cl)c(Cl)n2C)CC1)c1ccccc1. The van der Waals surface area contributed by atoms with E-state index < -0.39 is 0 Å². The minimum atomic E-state index is -0.197. The van der Waals surface area contributed by atoms with Crippen LogP contribution in [0.1, 0.15) is 48.2 Å². The number of carbonyl (C=O) groups is 2. The summed E-state index contributed by atoms with van der Waals surface area (Å²) in [4.78, 5) is 27.4. The second-order valence-corrected chi connectivity index (χ2v) is 7.94. The molecule has 150 valence electrons. The summed E-state index contributed by atoms with van der Waals surface area (Å²) in [6.07, 6.45) is 2.23. The Labute approximate surface area is 175 Å². The van der Waals surface area contributed by atoms with Crippen LogP contribution in [0.4, 0.5) is 0 Å². The molecule has 0 bridgehead atoms. The van der Waals surface area contributed by atoms with E-state index in [0.29, 0.717) is 29.0 Å². The highest BCUT2D eigenvalue weighted by molar-refractivity contribution is 6.41. The van der Waals surface area contributed by atoms with Gasteiger partial charge in [0.25, 0.3) is 5.91 Å². The molecule has 1 saturated heterocycles. The van der Waals surface area contributed by atoms with E-state index in [4.69, 9.17) is 23.2 Å². The van der Waals surface area contributed by atoms with E-state index in [1.54, 1.807) is 17.7 Å². The third-order valence-corrected chi connectivity index (χ3v) is 6.24. The molecule has 0 spiro atoms. The van der Waals surface area contributed by atoms with Crippen molar-refractivity contribution in [2.75, 3.05) is 13.1 Å². The quantitative estimate of drug-likeness (QED) is 0.784. The molecule has 2 amide bonds. The van der Waals surface area contributed by atoms with Gasteiger partial charge in [-0.2, -0.15) is 0 Å². The van der Waals surface area contributed by atoms with Gasteiger partial charge in [0, 0.05) is 26.2 Å². The average molecular weight is 422 g/mol. The normalized spacial score (nSPS) is 16.1. The van der Waals surface area contributed by atoms with E-state index in [1.165, 1.54) is 0 Å².